The van der Waals surface area contributed by atoms with Crippen LogP contribution < -0.4 is 4.90 Å². The van der Waals surface area contributed by atoms with Gasteiger partial charge in [-0.15, -0.1) is 0 Å². The predicted molar refractivity (Wildman–Crippen MR) is 155 cm³/mol. The molecule has 5 rings (SSSR count). The van der Waals surface area contributed by atoms with Crippen molar-refractivity contribution >= 4 is 23.2 Å². The van der Waals surface area contributed by atoms with E-state index in [1.807, 2.05) is 6.08 Å². The Bertz CT molecular complexity index is 1290. The van der Waals surface area contributed by atoms with Crippen LogP contribution in [0.3, 0.4) is 0 Å². The summed E-state index contributed by atoms with van der Waals surface area (Å²) < 4.78 is 6.14. The molecule has 2 fully saturated rings. The number of hydrogen-bond acceptors (Lipinski definition) is 5. The maximum Gasteiger partial charge on any atom is 0.303 e. The maximum absolute atomic E-state index is 13.5. The maximum atomic E-state index is 13.5. The summed E-state index contributed by atoms with van der Waals surface area (Å²) in [6, 6.07) is 9.30. The van der Waals surface area contributed by atoms with Crippen LogP contribution in [0.4, 0.5) is 5.69 Å². The summed E-state index contributed by atoms with van der Waals surface area (Å²) in [4.78, 5) is 40.7. The van der Waals surface area contributed by atoms with E-state index in [0.29, 0.717) is 18.9 Å². The number of fused-ring (bicyclic) bond motifs is 4. The van der Waals surface area contributed by atoms with Crippen LogP contribution in [-0.4, -0.2) is 36.2 Å². The molecule has 0 spiro atoms. The van der Waals surface area contributed by atoms with Gasteiger partial charge in [0.05, 0.1) is 0 Å². The van der Waals surface area contributed by atoms with E-state index in [9.17, 15) is 14.4 Å². The molecule has 0 heterocycles. The molecule has 1 aromatic carbocycles. The number of carbonyl (C=O) groups is 3. The van der Waals surface area contributed by atoms with E-state index in [4.69, 9.17) is 4.74 Å². The van der Waals surface area contributed by atoms with Crippen LogP contribution in [-0.2, 0) is 19.1 Å². The summed E-state index contributed by atoms with van der Waals surface area (Å²) in [5, 5.41) is 0. The summed E-state index contributed by atoms with van der Waals surface area (Å²) >= 11 is 0. The SMILES string of the molecule is CC(=O)O[C@]1(C(C)=O)CC[C@]2(C)[C@]1(C)C[C@H](c1ccc(N(C)C(C)C)cc1)C1=C3CCC(=O)C=C3CC[C@]12C. The third kappa shape index (κ3) is 3.74. The van der Waals surface area contributed by atoms with Gasteiger partial charge in [-0.25, -0.2) is 0 Å². The molecule has 39 heavy (non-hydrogen) atoms. The molecule has 210 valence electrons. The smallest absolute Gasteiger partial charge is 0.303 e. The highest BCUT2D eigenvalue weighted by atomic mass is 16.6. The molecule has 4 aliphatic rings. The molecule has 0 aromatic heterocycles. The van der Waals surface area contributed by atoms with E-state index >= 15 is 0 Å². The average molecular weight is 532 g/mol. The van der Waals surface area contributed by atoms with Crippen molar-refractivity contribution in [2.24, 2.45) is 16.2 Å². The van der Waals surface area contributed by atoms with Gasteiger partial charge >= 0.3 is 5.97 Å². The largest absolute Gasteiger partial charge is 0.451 e. The average Bonchev–Trinajstić information content (AvgIpc) is 3.11. The van der Waals surface area contributed by atoms with Crippen molar-refractivity contribution < 1.29 is 19.1 Å². The number of Topliss-reactive ketones (excluding diaryl/α,β-unsaturated/α-hetero) is 1. The minimum Gasteiger partial charge on any atom is -0.451 e. The minimum atomic E-state index is -1.14. The van der Waals surface area contributed by atoms with Crippen molar-refractivity contribution in [2.75, 3.05) is 11.9 Å². The quantitative estimate of drug-likeness (QED) is 0.379. The normalized spacial score (nSPS) is 35.7. The van der Waals surface area contributed by atoms with Gasteiger partial charge in [-0.3, -0.25) is 14.4 Å². The number of hydrogen-bond donors (Lipinski definition) is 0. The zero-order valence-electron chi connectivity index (χ0n) is 25.1. The van der Waals surface area contributed by atoms with Crippen LogP contribution in [0.15, 0.2) is 47.1 Å². The molecule has 5 atom stereocenters. The summed E-state index contributed by atoms with van der Waals surface area (Å²) in [6.07, 6.45) is 7.15. The minimum absolute atomic E-state index is 0.0454. The zero-order chi connectivity index (χ0) is 28.5. The van der Waals surface area contributed by atoms with Crippen molar-refractivity contribution in [2.45, 2.75) is 111 Å². The Hall–Kier alpha value is -2.69. The van der Waals surface area contributed by atoms with Gasteiger partial charge in [-0.1, -0.05) is 38.5 Å². The first-order valence-corrected chi connectivity index (χ1v) is 14.7. The highest BCUT2D eigenvalue weighted by Crippen LogP contribution is 2.77. The first-order chi connectivity index (χ1) is 18.2. The van der Waals surface area contributed by atoms with Crippen molar-refractivity contribution in [3.63, 3.8) is 0 Å². The Balaban J connectivity index is 1.75. The molecule has 0 bridgehead atoms. The summed E-state index contributed by atoms with van der Waals surface area (Å²) in [5.41, 5.74) is 4.33. The van der Waals surface area contributed by atoms with Crippen LogP contribution in [0.25, 0.3) is 0 Å². The van der Waals surface area contributed by atoms with Crippen molar-refractivity contribution in [3.05, 3.63) is 52.6 Å². The molecule has 2 saturated carbocycles. The Morgan fingerprint density at radius 3 is 2.21 bits per heavy atom. The second kappa shape index (κ2) is 9.17. The first-order valence-electron chi connectivity index (χ1n) is 14.7. The zero-order valence-corrected chi connectivity index (χ0v) is 25.1. The highest BCUT2D eigenvalue weighted by molar-refractivity contribution is 5.93. The number of rotatable bonds is 5. The lowest BCUT2D eigenvalue weighted by Crippen LogP contribution is -2.63. The molecule has 0 unspecified atom stereocenters. The van der Waals surface area contributed by atoms with E-state index < -0.39 is 11.0 Å². The number of carbonyl (C=O) groups excluding carboxylic acids is 3. The number of anilines is 1. The lowest BCUT2D eigenvalue weighted by atomic mass is 9.39. The Morgan fingerprint density at radius 1 is 0.949 bits per heavy atom. The first kappa shape index (κ1) is 27.9. The second-order valence-electron chi connectivity index (χ2n) is 13.6. The van der Waals surface area contributed by atoms with E-state index in [2.05, 4.69) is 70.8 Å². The fourth-order valence-corrected chi connectivity index (χ4v) is 9.09. The molecule has 4 aliphatic carbocycles. The topological polar surface area (TPSA) is 63.7 Å². The van der Waals surface area contributed by atoms with Gasteiger partial charge in [-0.2, -0.15) is 0 Å². The molecule has 5 nitrogen and oxygen atoms in total. The molecule has 1 aromatic rings. The van der Waals surface area contributed by atoms with Gasteiger partial charge in [0, 0.05) is 43.5 Å². The molecular weight excluding hydrogens is 486 g/mol. The molecule has 0 saturated heterocycles. The standard InChI is InChI=1S/C34H45NO4/c1-21(2)35(8)26-11-9-24(10-12-26)29-20-33(7)32(6,17-18-34(33,22(3)36)39-23(4)37)31(5)16-15-25-19-27(38)13-14-28(25)30(29)31/h9-12,19,21,29H,13-18,20H2,1-8H3/t29-,31-,32+,33+,34+/m1/s1. The van der Waals surface area contributed by atoms with Crippen LogP contribution in [0, 0.1) is 16.2 Å². The van der Waals surface area contributed by atoms with Gasteiger partial charge in [0.15, 0.2) is 17.2 Å². The van der Waals surface area contributed by atoms with Crippen molar-refractivity contribution in [3.8, 4) is 0 Å². The molecule has 0 radical (unpaired) electrons. The van der Waals surface area contributed by atoms with Gasteiger partial charge in [0.1, 0.15) is 0 Å². The van der Waals surface area contributed by atoms with Gasteiger partial charge in [0.25, 0.3) is 0 Å². The number of benzene rings is 1. The van der Waals surface area contributed by atoms with Crippen LogP contribution in [0.2, 0.25) is 0 Å². The lowest BCUT2D eigenvalue weighted by molar-refractivity contribution is -0.194. The fraction of sp³-hybridized carbons (Fsp3) is 0.618. The number of allylic oxidation sites excluding steroid dienone is 4. The molecule has 0 amide bonds. The highest BCUT2D eigenvalue weighted by Gasteiger charge is 2.75. The molecule has 0 N–H and O–H groups in total. The fourth-order valence-electron chi connectivity index (χ4n) is 9.09. The van der Waals surface area contributed by atoms with E-state index in [1.165, 1.54) is 34.9 Å². The van der Waals surface area contributed by atoms with Gasteiger partial charge in [-0.05, 0) is 105 Å². The van der Waals surface area contributed by atoms with Crippen LogP contribution in [0.1, 0.15) is 105 Å². The third-order valence-electron chi connectivity index (χ3n) is 11.8. The Kier molecular flexibility index (Phi) is 6.55. The Labute approximate surface area is 234 Å². The summed E-state index contributed by atoms with van der Waals surface area (Å²) in [5.74, 6) is -0.127. The number of nitrogens with zero attached hydrogens (tertiary/aromatic N) is 1. The molecular formula is C34H45NO4. The van der Waals surface area contributed by atoms with Crippen molar-refractivity contribution in [1.29, 1.82) is 0 Å². The predicted octanol–water partition coefficient (Wildman–Crippen LogP) is 7.10. The van der Waals surface area contributed by atoms with E-state index in [1.54, 1.807) is 6.92 Å². The van der Waals surface area contributed by atoms with Crippen molar-refractivity contribution in [1.82, 2.24) is 0 Å². The van der Waals surface area contributed by atoms with Crippen LogP contribution >= 0.6 is 0 Å². The monoisotopic (exact) mass is 531 g/mol. The van der Waals surface area contributed by atoms with E-state index in [0.717, 1.165) is 32.1 Å². The lowest BCUT2D eigenvalue weighted by Gasteiger charge is -2.65. The molecule has 5 heteroatoms. The summed E-state index contributed by atoms with van der Waals surface area (Å²) in [7, 11) is 2.12. The van der Waals surface area contributed by atoms with Gasteiger partial charge < -0.3 is 9.64 Å². The number of ether oxygens (including phenoxy) is 1. The summed E-state index contributed by atoms with van der Waals surface area (Å²) in [6.45, 7) is 14.4. The second-order valence-corrected chi connectivity index (χ2v) is 13.6. The molecule has 0 aliphatic heterocycles. The third-order valence-corrected chi connectivity index (χ3v) is 11.8. The number of ketones is 2. The number of esters is 1. The van der Waals surface area contributed by atoms with Crippen LogP contribution in [0.5, 0.6) is 0 Å². The Morgan fingerprint density at radius 2 is 1.62 bits per heavy atom. The van der Waals surface area contributed by atoms with E-state index in [-0.39, 0.29) is 34.3 Å². The van der Waals surface area contributed by atoms with Gasteiger partial charge in [0.2, 0.25) is 0 Å².